The molecular formula is C16H19BrN4O2. The lowest BCUT2D eigenvalue weighted by Crippen LogP contribution is -2.49. The number of nitrogens with one attached hydrogen (secondary N) is 1. The maximum absolute atomic E-state index is 12.7. The molecule has 0 radical (unpaired) electrons. The van der Waals surface area contributed by atoms with Gasteiger partial charge in [-0.1, -0.05) is 18.2 Å². The summed E-state index contributed by atoms with van der Waals surface area (Å²) < 4.78 is 7.97. The Labute approximate surface area is 143 Å². The molecule has 1 unspecified atom stereocenters. The van der Waals surface area contributed by atoms with Crippen LogP contribution in [-0.2, 0) is 11.3 Å². The van der Waals surface area contributed by atoms with Gasteiger partial charge in [-0.15, -0.1) is 0 Å². The number of carbonyl (C=O) groups excluding carboxylic acids is 1. The molecule has 1 aromatic carbocycles. The quantitative estimate of drug-likeness (QED) is 0.881. The van der Waals surface area contributed by atoms with Gasteiger partial charge >= 0.3 is 0 Å². The highest BCUT2D eigenvalue weighted by Gasteiger charge is 2.29. The number of para-hydroxylation sites is 1. The molecule has 1 amide bonds. The summed E-state index contributed by atoms with van der Waals surface area (Å²) in [6, 6.07) is 7.82. The van der Waals surface area contributed by atoms with Crippen LogP contribution in [0.1, 0.15) is 11.6 Å². The third-order valence-electron chi connectivity index (χ3n) is 3.96. The lowest BCUT2D eigenvalue weighted by Gasteiger charge is -2.37. The number of amides is 1. The van der Waals surface area contributed by atoms with Crippen LogP contribution in [0.4, 0.5) is 0 Å². The van der Waals surface area contributed by atoms with Gasteiger partial charge in [0.05, 0.1) is 23.8 Å². The van der Waals surface area contributed by atoms with Crippen LogP contribution in [0.5, 0.6) is 5.75 Å². The molecular weight excluding hydrogens is 360 g/mol. The van der Waals surface area contributed by atoms with E-state index >= 15 is 0 Å². The number of methoxy groups -OCH3 is 1. The molecule has 1 aliphatic heterocycles. The Morgan fingerprint density at radius 2 is 2.30 bits per heavy atom. The summed E-state index contributed by atoms with van der Waals surface area (Å²) in [4.78, 5) is 14.6. The van der Waals surface area contributed by atoms with Crippen LogP contribution in [-0.4, -0.2) is 47.3 Å². The number of benzene rings is 1. The number of ether oxygens (including phenoxy) is 1. The van der Waals surface area contributed by atoms with Crippen molar-refractivity contribution in [2.24, 2.45) is 0 Å². The van der Waals surface area contributed by atoms with Crippen molar-refractivity contribution in [1.82, 2.24) is 20.0 Å². The third-order valence-corrected chi connectivity index (χ3v) is 4.37. The van der Waals surface area contributed by atoms with Crippen LogP contribution < -0.4 is 10.1 Å². The predicted octanol–water partition coefficient (Wildman–Crippen LogP) is 1.83. The number of rotatable bonds is 4. The van der Waals surface area contributed by atoms with Crippen LogP contribution in [0.15, 0.2) is 41.1 Å². The van der Waals surface area contributed by atoms with E-state index in [0.29, 0.717) is 6.54 Å². The maximum Gasteiger partial charge on any atom is 0.244 e. The van der Waals surface area contributed by atoms with Crippen molar-refractivity contribution in [1.29, 1.82) is 0 Å². The summed E-state index contributed by atoms with van der Waals surface area (Å²) in [5, 5.41) is 7.52. The molecule has 7 heteroatoms. The largest absolute Gasteiger partial charge is 0.496 e. The third kappa shape index (κ3) is 3.56. The Morgan fingerprint density at radius 1 is 1.48 bits per heavy atom. The fourth-order valence-electron chi connectivity index (χ4n) is 2.88. The lowest BCUT2D eigenvalue weighted by molar-refractivity contribution is -0.135. The first-order valence-corrected chi connectivity index (χ1v) is 8.29. The van der Waals surface area contributed by atoms with Gasteiger partial charge in [-0.3, -0.25) is 9.48 Å². The Kier molecular flexibility index (Phi) is 4.97. The van der Waals surface area contributed by atoms with Crippen molar-refractivity contribution in [2.45, 2.75) is 12.6 Å². The first-order valence-electron chi connectivity index (χ1n) is 7.50. The van der Waals surface area contributed by atoms with Crippen LogP contribution in [0.3, 0.4) is 0 Å². The van der Waals surface area contributed by atoms with E-state index in [1.54, 1.807) is 24.2 Å². The van der Waals surface area contributed by atoms with Crippen LogP contribution in [0.25, 0.3) is 0 Å². The molecule has 0 aliphatic carbocycles. The van der Waals surface area contributed by atoms with E-state index in [9.17, 15) is 4.79 Å². The fourth-order valence-corrected chi connectivity index (χ4v) is 3.20. The van der Waals surface area contributed by atoms with Gasteiger partial charge in [0.1, 0.15) is 12.3 Å². The van der Waals surface area contributed by atoms with Crippen LogP contribution >= 0.6 is 15.9 Å². The van der Waals surface area contributed by atoms with Gasteiger partial charge in [-0.25, -0.2) is 0 Å². The molecule has 23 heavy (non-hydrogen) atoms. The highest BCUT2D eigenvalue weighted by molar-refractivity contribution is 9.10. The number of piperazine rings is 1. The second-order valence-corrected chi connectivity index (χ2v) is 6.32. The van der Waals surface area contributed by atoms with E-state index in [-0.39, 0.29) is 18.5 Å². The molecule has 6 nitrogen and oxygen atoms in total. The van der Waals surface area contributed by atoms with Gasteiger partial charge in [0.2, 0.25) is 5.91 Å². The summed E-state index contributed by atoms with van der Waals surface area (Å²) in [5.74, 6) is 0.860. The molecule has 0 bridgehead atoms. The predicted molar refractivity (Wildman–Crippen MR) is 90.2 cm³/mol. The zero-order valence-electron chi connectivity index (χ0n) is 12.9. The molecule has 1 fully saturated rings. The summed E-state index contributed by atoms with van der Waals surface area (Å²) >= 11 is 3.35. The van der Waals surface area contributed by atoms with Crippen LogP contribution in [0, 0.1) is 0 Å². The summed E-state index contributed by atoms with van der Waals surface area (Å²) in [5.41, 5.74) is 1.03. The van der Waals surface area contributed by atoms with Gasteiger partial charge in [-0.2, -0.15) is 5.10 Å². The maximum atomic E-state index is 12.7. The van der Waals surface area contributed by atoms with Crippen molar-refractivity contribution in [3.8, 4) is 5.75 Å². The monoisotopic (exact) mass is 378 g/mol. The Balaban J connectivity index is 1.82. The number of aromatic nitrogens is 2. The van der Waals surface area contributed by atoms with Gasteiger partial charge in [0, 0.05) is 31.4 Å². The second-order valence-electron chi connectivity index (χ2n) is 5.41. The van der Waals surface area contributed by atoms with Crippen molar-refractivity contribution < 1.29 is 9.53 Å². The molecule has 1 N–H and O–H groups in total. The first kappa shape index (κ1) is 16.0. The number of nitrogens with zero attached hydrogens (tertiary/aromatic N) is 3. The number of hydrogen-bond acceptors (Lipinski definition) is 4. The smallest absolute Gasteiger partial charge is 0.244 e. The highest BCUT2D eigenvalue weighted by Crippen LogP contribution is 2.30. The molecule has 3 rings (SSSR count). The van der Waals surface area contributed by atoms with E-state index in [0.717, 1.165) is 28.9 Å². The minimum Gasteiger partial charge on any atom is -0.496 e. The minimum absolute atomic E-state index is 0.0357. The normalized spacial score (nSPS) is 18.0. The van der Waals surface area contributed by atoms with Crippen molar-refractivity contribution in [2.75, 3.05) is 26.7 Å². The van der Waals surface area contributed by atoms with Crippen molar-refractivity contribution in [3.63, 3.8) is 0 Å². The topological polar surface area (TPSA) is 59.4 Å². The van der Waals surface area contributed by atoms with Crippen LogP contribution in [0.2, 0.25) is 0 Å². The second kappa shape index (κ2) is 7.14. The zero-order valence-corrected chi connectivity index (χ0v) is 14.5. The average molecular weight is 379 g/mol. The van der Waals surface area contributed by atoms with Gasteiger partial charge in [0.15, 0.2) is 0 Å². The average Bonchev–Trinajstić information content (AvgIpc) is 2.99. The molecule has 1 atom stereocenters. The van der Waals surface area contributed by atoms with E-state index in [4.69, 9.17) is 4.74 Å². The molecule has 2 heterocycles. The zero-order chi connectivity index (χ0) is 16.2. The summed E-state index contributed by atoms with van der Waals surface area (Å²) in [7, 11) is 1.66. The van der Waals surface area contributed by atoms with Crippen molar-refractivity contribution in [3.05, 3.63) is 46.7 Å². The van der Waals surface area contributed by atoms with Gasteiger partial charge in [-0.05, 0) is 22.0 Å². The van der Waals surface area contributed by atoms with E-state index < -0.39 is 0 Å². The Hall–Kier alpha value is -1.86. The Morgan fingerprint density at radius 3 is 3.04 bits per heavy atom. The van der Waals surface area contributed by atoms with Crippen molar-refractivity contribution >= 4 is 21.8 Å². The minimum atomic E-state index is -0.0357. The van der Waals surface area contributed by atoms with Gasteiger partial charge < -0.3 is 15.0 Å². The molecule has 0 spiro atoms. The summed E-state index contributed by atoms with van der Waals surface area (Å²) in [6.45, 7) is 2.41. The molecule has 1 saturated heterocycles. The molecule has 1 aliphatic rings. The number of hydrogen-bond donors (Lipinski definition) is 1. The van der Waals surface area contributed by atoms with E-state index in [1.165, 1.54) is 0 Å². The Bertz CT molecular complexity index is 688. The molecule has 122 valence electrons. The SMILES string of the molecule is COc1ccccc1C1CNCCN1C(=O)Cn1cc(Br)cn1. The number of halogens is 1. The van der Waals surface area contributed by atoms with E-state index in [2.05, 4.69) is 26.3 Å². The molecule has 0 saturated carbocycles. The summed E-state index contributed by atoms with van der Waals surface area (Å²) in [6.07, 6.45) is 3.49. The first-order chi connectivity index (χ1) is 11.2. The van der Waals surface area contributed by atoms with Gasteiger partial charge in [0.25, 0.3) is 0 Å². The lowest BCUT2D eigenvalue weighted by atomic mass is 10.0. The molecule has 2 aromatic rings. The highest BCUT2D eigenvalue weighted by atomic mass is 79.9. The fraction of sp³-hybridized carbons (Fsp3) is 0.375. The molecule has 1 aromatic heterocycles. The van der Waals surface area contributed by atoms with E-state index in [1.807, 2.05) is 29.2 Å². The number of carbonyl (C=O) groups is 1. The standard InChI is InChI=1S/C16H19BrN4O2/c1-23-15-5-3-2-4-13(15)14-9-18-6-7-21(14)16(22)11-20-10-12(17)8-19-20/h2-5,8,10,14,18H,6-7,9,11H2,1H3.